The van der Waals surface area contributed by atoms with Crippen LogP contribution in [0.1, 0.15) is 16.8 Å². The highest BCUT2D eigenvalue weighted by atomic mass is 16.3. The molecule has 3 heterocycles. The molecule has 1 aliphatic rings. The van der Waals surface area contributed by atoms with E-state index >= 15 is 0 Å². The first kappa shape index (κ1) is 18.9. The molecular formula is C22H23N5O2. The lowest BCUT2D eigenvalue weighted by Gasteiger charge is -2.31. The Labute approximate surface area is 169 Å². The van der Waals surface area contributed by atoms with Crippen LogP contribution in [-0.4, -0.2) is 51.5 Å². The van der Waals surface area contributed by atoms with Gasteiger partial charge in [-0.25, -0.2) is 9.97 Å². The number of hydrogen-bond acceptors (Lipinski definition) is 6. The van der Waals surface area contributed by atoms with E-state index in [1.54, 1.807) is 36.7 Å². The normalized spacial score (nSPS) is 13.1. The quantitative estimate of drug-likeness (QED) is 0.738. The van der Waals surface area contributed by atoms with Crippen molar-refractivity contribution in [3.8, 4) is 17.1 Å². The van der Waals surface area contributed by atoms with Crippen molar-refractivity contribution in [1.82, 2.24) is 19.9 Å². The van der Waals surface area contributed by atoms with Gasteiger partial charge in [-0.15, -0.1) is 0 Å². The minimum atomic E-state index is 0.0526. The van der Waals surface area contributed by atoms with Crippen LogP contribution < -0.4 is 4.90 Å². The third kappa shape index (κ3) is 4.03. The van der Waals surface area contributed by atoms with Crippen molar-refractivity contribution in [3.63, 3.8) is 0 Å². The number of rotatable bonds is 4. The maximum Gasteiger partial charge on any atom is 0.227 e. The number of carbonyl (C=O) groups is 1. The molecule has 0 fully saturated rings. The minimum Gasteiger partial charge on any atom is -0.508 e. The summed E-state index contributed by atoms with van der Waals surface area (Å²) in [5, 5.41) is 9.42. The minimum absolute atomic E-state index is 0.0526. The predicted molar refractivity (Wildman–Crippen MR) is 111 cm³/mol. The summed E-state index contributed by atoms with van der Waals surface area (Å²) in [7, 11) is 3.95. The smallest absolute Gasteiger partial charge is 0.227 e. The molecular weight excluding hydrogens is 366 g/mol. The number of fused-ring (bicyclic) bond motifs is 1. The molecule has 0 saturated heterocycles. The Morgan fingerprint density at radius 1 is 1.10 bits per heavy atom. The first-order valence-electron chi connectivity index (χ1n) is 9.54. The maximum atomic E-state index is 12.8. The number of aromatic nitrogens is 3. The number of phenols is 1. The van der Waals surface area contributed by atoms with Crippen LogP contribution in [0.5, 0.6) is 5.75 Å². The molecule has 0 aliphatic carbocycles. The van der Waals surface area contributed by atoms with Crippen LogP contribution in [0.2, 0.25) is 0 Å². The number of phenolic OH excluding ortho intramolecular Hbond substituents is 1. The van der Waals surface area contributed by atoms with Crippen LogP contribution in [0.3, 0.4) is 0 Å². The van der Waals surface area contributed by atoms with Crippen LogP contribution in [-0.2, 0) is 24.2 Å². The molecule has 1 aromatic carbocycles. The highest BCUT2D eigenvalue weighted by molar-refractivity contribution is 5.79. The van der Waals surface area contributed by atoms with Crippen LogP contribution in [0, 0.1) is 0 Å². The Hall–Kier alpha value is -3.48. The lowest BCUT2D eigenvalue weighted by atomic mass is 10.0. The molecule has 0 saturated carbocycles. The standard InChI is InChI=1S/C22H23N5O2/c1-26(2)22-18-9-12-27(20(29)13-15-3-5-17(28)6-4-15)14-19(18)24-21(25-22)16-7-10-23-11-8-16/h3-8,10-11,28H,9,12-14H2,1-2H3. The van der Waals surface area contributed by atoms with Gasteiger partial charge in [-0.1, -0.05) is 12.1 Å². The van der Waals surface area contributed by atoms with Gasteiger partial charge in [0.25, 0.3) is 0 Å². The number of aromatic hydroxyl groups is 1. The van der Waals surface area contributed by atoms with Gasteiger partial charge >= 0.3 is 0 Å². The largest absolute Gasteiger partial charge is 0.508 e. The van der Waals surface area contributed by atoms with Gasteiger partial charge in [-0.05, 0) is 36.2 Å². The molecule has 0 radical (unpaired) electrons. The number of amides is 1. The average molecular weight is 389 g/mol. The van der Waals surface area contributed by atoms with Gasteiger partial charge in [0.2, 0.25) is 5.91 Å². The Morgan fingerprint density at radius 3 is 2.52 bits per heavy atom. The topological polar surface area (TPSA) is 82.5 Å². The molecule has 0 spiro atoms. The van der Waals surface area contributed by atoms with Crippen molar-refractivity contribution in [3.05, 3.63) is 65.6 Å². The van der Waals surface area contributed by atoms with E-state index in [0.29, 0.717) is 25.3 Å². The van der Waals surface area contributed by atoms with Gasteiger partial charge in [0.05, 0.1) is 18.7 Å². The zero-order chi connectivity index (χ0) is 20.4. The zero-order valence-electron chi connectivity index (χ0n) is 16.5. The molecule has 29 heavy (non-hydrogen) atoms. The molecule has 1 amide bonds. The third-order valence-corrected chi connectivity index (χ3v) is 5.05. The van der Waals surface area contributed by atoms with Gasteiger partial charge in [0.1, 0.15) is 11.6 Å². The Kier molecular flexibility index (Phi) is 5.12. The second kappa shape index (κ2) is 7.87. The van der Waals surface area contributed by atoms with Gasteiger partial charge in [-0.3, -0.25) is 9.78 Å². The number of pyridine rings is 1. The zero-order valence-corrected chi connectivity index (χ0v) is 16.5. The summed E-state index contributed by atoms with van der Waals surface area (Å²) < 4.78 is 0. The van der Waals surface area contributed by atoms with Crippen LogP contribution >= 0.6 is 0 Å². The molecule has 3 aromatic rings. The summed E-state index contributed by atoms with van der Waals surface area (Å²) in [5.41, 5.74) is 3.77. The van der Waals surface area contributed by atoms with Gasteiger partial charge < -0.3 is 14.9 Å². The average Bonchev–Trinajstić information content (AvgIpc) is 2.74. The van der Waals surface area contributed by atoms with E-state index in [2.05, 4.69) is 4.98 Å². The second-order valence-corrected chi connectivity index (χ2v) is 7.33. The molecule has 148 valence electrons. The SMILES string of the molecule is CN(C)c1nc(-c2ccncc2)nc2c1CCN(C(=O)Cc1ccc(O)cc1)C2. The lowest BCUT2D eigenvalue weighted by Crippen LogP contribution is -2.38. The molecule has 0 atom stereocenters. The number of benzene rings is 1. The summed E-state index contributed by atoms with van der Waals surface area (Å²) in [6.45, 7) is 1.11. The molecule has 7 heteroatoms. The Morgan fingerprint density at radius 2 is 1.83 bits per heavy atom. The lowest BCUT2D eigenvalue weighted by molar-refractivity contribution is -0.131. The molecule has 7 nitrogen and oxygen atoms in total. The first-order chi connectivity index (χ1) is 14.0. The Balaban J connectivity index is 1.61. The summed E-state index contributed by atoms with van der Waals surface area (Å²) in [6.07, 6.45) is 4.47. The van der Waals surface area contributed by atoms with E-state index < -0.39 is 0 Å². The summed E-state index contributed by atoms with van der Waals surface area (Å²) in [5.74, 6) is 1.79. The number of carbonyl (C=O) groups excluding carboxylic acids is 1. The molecule has 2 aromatic heterocycles. The maximum absolute atomic E-state index is 12.8. The van der Waals surface area contributed by atoms with Crippen molar-refractivity contribution < 1.29 is 9.90 Å². The molecule has 1 aliphatic heterocycles. The molecule has 0 bridgehead atoms. The van der Waals surface area contributed by atoms with Crippen molar-refractivity contribution in [2.75, 3.05) is 25.5 Å². The third-order valence-electron chi connectivity index (χ3n) is 5.05. The molecule has 4 rings (SSSR count). The van der Waals surface area contributed by atoms with E-state index in [1.807, 2.05) is 36.0 Å². The van der Waals surface area contributed by atoms with E-state index in [0.717, 1.165) is 34.6 Å². The van der Waals surface area contributed by atoms with Crippen LogP contribution in [0.4, 0.5) is 5.82 Å². The van der Waals surface area contributed by atoms with Gasteiger partial charge in [0, 0.05) is 44.2 Å². The van der Waals surface area contributed by atoms with Gasteiger partial charge in [0.15, 0.2) is 5.82 Å². The molecule has 0 unspecified atom stereocenters. The number of hydrogen-bond donors (Lipinski definition) is 1. The fraction of sp³-hybridized carbons (Fsp3) is 0.273. The number of anilines is 1. The second-order valence-electron chi connectivity index (χ2n) is 7.33. The van der Waals surface area contributed by atoms with E-state index in [1.165, 1.54) is 0 Å². The van der Waals surface area contributed by atoms with Crippen molar-refractivity contribution in [2.45, 2.75) is 19.4 Å². The Bertz CT molecular complexity index is 1020. The van der Waals surface area contributed by atoms with Crippen LogP contribution in [0.25, 0.3) is 11.4 Å². The van der Waals surface area contributed by atoms with E-state index in [4.69, 9.17) is 9.97 Å². The summed E-state index contributed by atoms with van der Waals surface area (Å²) in [6, 6.07) is 10.5. The van der Waals surface area contributed by atoms with E-state index in [-0.39, 0.29) is 11.7 Å². The summed E-state index contributed by atoms with van der Waals surface area (Å²) in [4.78, 5) is 30.3. The van der Waals surface area contributed by atoms with Crippen molar-refractivity contribution >= 4 is 11.7 Å². The summed E-state index contributed by atoms with van der Waals surface area (Å²) >= 11 is 0. The first-order valence-corrected chi connectivity index (χ1v) is 9.54. The highest BCUT2D eigenvalue weighted by Gasteiger charge is 2.26. The van der Waals surface area contributed by atoms with Crippen molar-refractivity contribution in [2.24, 2.45) is 0 Å². The predicted octanol–water partition coefficient (Wildman–Crippen LogP) is 2.44. The van der Waals surface area contributed by atoms with Crippen LogP contribution in [0.15, 0.2) is 48.8 Å². The molecule has 1 N–H and O–H groups in total. The fourth-order valence-electron chi connectivity index (χ4n) is 3.52. The number of nitrogens with zero attached hydrogens (tertiary/aromatic N) is 5. The fourth-order valence-corrected chi connectivity index (χ4v) is 3.52. The highest BCUT2D eigenvalue weighted by Crippen LogP contribution is 2.28. The van der Waals surface area contributed by atoms with Crippen molar-refractivity contribution in [1.29, 1.82) is 0 Å². The van der Waals surface area contributed by atoms with E-state index in [9.17, 15) is 9.90 Å². The monoisotopic (exact) mass is 389 g/mol. The van der Waals surface area contributed by atoms with Gasteiger partial charge in [-0.2, -0.15) is 0 Å².